The fourth-order valence-electron chi connectivity index (χ4n) is 1.71. The monoisotopic (exact) mass is 289 g/mol. The summed E-state index contributed by atoms with van der Waals surface area (Å²) in [7, 11) is 0. The maximum absolute atomic E-state index is 12.9. The van der Waals surface area contributed by atoms with Gasteiger partial charge in [-0.25, -0.2) is 8.78 Å². The van der Waals surface area contributed by atoms with Crippen molar-refractivity contribution in [2.24, 2.45) is 0 Å². The fraction of sp³-hybridized carbons (Fsp3) is 0.364. The van der Waals surface area contributed by atoms with Gasteiger partial charge >= 0.3 is 0 Å². The Bertz CT molecular complexity index is 424. The first kappa shape index (κ1) is 11.5. The Morgan fingerprint density at radius 1 is 1.38 bits per heavy atom. The summed E-state index contributed by atoms with van der Waals surface area (Å²) in [6.45, 7) is 1.26. The molecule has 0 aromatic heterocycles. The predicted molar refractivity (Wildman–Crippen MR) is 59.6 cm³/mol. The number of carbonyl (C=O) groups excluding carboxylic acids is 1. The summed E-state index contributed by atoms with van der Waals surface area (Å²) in [5.41, 5.74) is 0.195. The number of rotatable bonds is 1. The molecule has 0 spiro atoms. The van der Waals surface area contributed by atoms with Gasteiger partial charge in [-0.05, 0) is 24.6 Å². The number of hydrogen-bond donors (Lipinski definition) is 0. The molecular formula is C11H10BrF2NO. The molecule has 1 heterocycles. The van der Waals surface area contributed by atoms with Crippen LogP contribution in [0.2, 0.25) is 0 Å². The SMILES string of the molecule is O=C(c1ccc(F)c(F)c1)N1CCC(Br)C1. The number of alkyl halides is 1. The van der Waals surface area contributed by atoms with E-state index in [2.05, 4.69) is 15.9 Å². The molecule has 1 amide bonds. The number of nitrogens with zero attached hydrogens (tertiary/aromatic N) is 1. The van der Waals surface area contributed by atoms with Crippen molar-refractivity contribution in [3.8, 4) is 0 Å². The predicted octanol–water partition coefficient (Wildman–Crippen LogP) is 2.57. The molecule has 2 rings (SSSR count). The summed E-state index contributed by atoms with van der Waals surface area (Å²) in [5, 5.41) is 0. The van der Waals surface area contributed by atoms with Gasteiger partial charge in [0.05, 0.1) is 0 Å². The van der Waals surface area contributed by atoms with Crippen molar-refractivity contribution in [1.29, 1.82) is 0 Å². The Kier molecular flexibility index (Phi) is 3.23. The van der Waals surface area contributed by atoms with Crippen LogP contribution in [0, 0.1) is 11.6 Å². The van der Waals surface area contributed by atoms with Crippen molar-refractivity contribution in [2.75, 3.05) is 13.1 Å². The molecule has 0 bridgehead atoms. The van der Waals surface area contributed by atoms with Gasteiger partial charge in [0.2, 0.25) is 0 Å². The van der Waals surface area contributed by atoms with Crippen molar-refractivity contribution in [2.45, 2.75) is 11.2 Å². The van der Waals surface area contributed by atoms with Crippen molar-refractivity contribution in [1.82, 2.24) is 4.90 Å². The Labute approximate surface area is 100 Å². The first-order valence-corrected chi connectivity index (χ1v) is 5.88. The molecule has 1 aliphatic heterocycles. The summed E-state index contributed by atoms with van der Waals surface area (Å²) in [6, 6.07) is 3.23. The number of carbonyl (C=O) groups is 1. The highest BCUT2D eigenvalue weighted by atomic mass is 79.9. The largest absolute Gasteiger partial charge is 0.337 e. The topological polar surface area (TPSA) is 20.3 Å². The molecule has 1 unspecified atom stereocenters. The second-order valence-corrected chi connectivity index (χ2v) is 5.06. The first-order valence-electron chi connectivity index (χ1n) is 4.96. The molecule has 86 valence electrons. The van der Waals surface area contributed by atoms with Crippen LogP contribution in [0.1, 0.15) is 16.8 Å². The number of amides is 1. The molecule has 0 N–H and O–H groups in total. The number of likely N-dealkylation sites (tertiary alicyclic amines) is 1. The van der Waals surface area contributed by atoms with Gasteiger partial charge in [0.15, 0.2) is 11.6 Å². The molecule has 2 nitrogen and oxygen atoms in total. The fourth-order valence-corrected chi connectivity index (χ4v) is 2.27. The van der Waals surface area contributed by atoms with Gasteiger partial charge < -0.3 is 4.90 Å². The highest BCUT2D eigenvalue weighted by molar-refractivity contribution is 9.09. The molecule has 1 fully saturated rings. The Morgan fingerprint density at radius 2 is 2.12 bits per heavy atom. The molecule has 1 atom stereocenters. The minimum atomic E-state index is -0.986. The third kappa shape index (κ3) is 2.24. The zero-order chi connectivity index (χ0) is 11.7. The lowest BCUT2D eigenvalue weighted by Crippen LogP contribution is -2.28. The van der Waals surface area contributed by atoms with Gasteiger partial charge in [-0.1, -0.05) is 15.9 Å². The molecule has 0 saturated carbocycles. The second-order valence-electron chi connectivity index (χ2n) is 3.77. The number of halogens is 3. The average Bonchev–Trinajstić information content (AvgIpc) is 2.68. The van der Waals surface area contributed by atoms with Crippen LogP contribution in [0.5, 0.6) is 0 Å². The molecule has 0 aliphatic carbocycles. The maximum Gasteiger partial charge on any atom is 0.253 e. The van der Waals surface area contributed by atoms with Crippen LogP contribution in [0.3, 0.4) is 0 Å². The van der Waals surface area contributed by atoms with E-state index < -0.39 is 11.6 Å². The summed E-state index contributed by atoms with van der Waals surface area (Å²) < 4.78 is 25.6. The summed E-state index contributed by atoms with van der Waals surface area (Å²) in [6.07, 6.45) is 0.884. The molecule has 1 aromatic carbocycles. The Morgan fingerprint density at radius 3 is 2.69 bits per heavy atom. The third-order valence-electron chi connectivity index (χ3n) is 2.58. The molecular weight excluding hydrogens is 280 g/mol. The lowest BCUT2D eigenvalue weighted by atomic mass is 10.2. The highest BCUT2D eigenvalue weighted by Gasteiger charge is 2.25. The minimum Gasteiger partial charge on any atom is -0.337 e. The van der Waals surface area contributed by atoms with Gasteiger partial charge in [-0.3, -0.25) is 4.79 Å². The molecule has 0 radical (unpaired) electrons. The van der Waals surface area contributed by atoms with E-state index in [9.17, 15) is 13.6 Å². The van der Waals surface area contributed by atoms with Crippen LogP contribution in [0.4, 0.5) is 8.78 Å². The lowest BCUT2D eigenvalue weighted by molar-refractivity contribution is 0.0793. The molecule has 5 heteroatoms. The van der Waals surface area contributed by atoms with Crippen LogP contribution in [-0.2, 0) is 0 Å². The van der Waals surface area contributed by atoms with E-state index in [1.807, 2.05) is 0 Å². The first-order chi connectivity index (χ1) is 7.58. The van der Waals surface area contributed by atoms with Crippen LogP contribution >= 0.6 is 15.9 Å². The van der Waals surface area contributed by atoms with Gasteiger partial charge in [-0.15, -0.1) is 0 Å². The van der Waals surface area contributed by atoms with Crippen LogP contribution in [0.15, 0.2) is 18.2 Å². The van der Waals surface area contributed by atoms with Crippen molar-refractivity contribution in [3.05, 3.63) is 35.4 Å². The molecule has 1 aromatic rings. The van der Waals surface area contributed by atoms with Crippen LogP contribution in [0.25, 0.3) is 0 Å². The van der Waals surface area contributed by atoms with E-state index in [1.165, 1.54) is 6.07 Å². The zero-order valence-corrected chi connectivity index (χ0v) is 10.0. The van der Waals surface area contributed by atoms with E-state index >= 15 is 0 Å². The van der Waals surface area contributed by atoms with Gasteiger partial charge in [-0.2, -0.15) is 0 Å². The average molecular weight is 290 g/mol. The highest BCUT2D eigenvalue weighted by Crippen LogP contribution is 2.19. The smallest absolute Gasteiger partial charge is 0.253 e. The lowest BCUT2D eigenvalue weighted by Gasteiger charge is -2.15. The third-order valence-corrected chi connectivity index (χ3v) is 3.33. The second kappa shape index (κ2) is 4.49. The summed E-state index contributed by atoms with van der Waals surface area (Å²) >= 11 is 3.42. The molecule has 1 aliphatic rings. The molecule has 1 saturated heterocycles. The van der Waals surface area contributed by atoms with Crippen molar-refractivity contribution in [3.63, 3.8) is 0 Å². The number of benzene rings is 1. The number of hydrogen-bond acceptors (Lipinski definition) is 1. The van der Waals surface area contributed by atoms with E-state index in [0.717, 1.165) is 18.6 Å². The van der Waals surface area contributed by atoms with E-state index in [1.54, 1.807) is 4.90 Å². The summed E-state index contributed by atoms with van der Waals surface area (Å²) in [5.74, 6) is -2.17. The van der Waals surface area contributed by atoms with Crippen LogP contribution < -0.4 is 0 Å². The quantitative estimate of drug-likeness (QED) is 0.728. The van der Waals surface area contributed by atoms with Gasteiger partial charge in [0, 0.05) is 23.5 Å². The van der Waals surface area contributed by atoms with Crippen LogP contribution in [-0.4, -0.2) is 28.7 Å². The van der Waals surface area contributed by atoms with E-state index in [0.29, 0.717) is 17.9 Å². The molecule has 16 heavy (non-hydrogen) atoms. The van der Waals surface area contributed by atoms with Crippen molar-refractivity contribution < 1.29 is 13.6 Å². The summed E-state index contributed by atoms with van der Waals surface area (Å²) in [4.78, 5) is 13.8. The van der Waals surface area contributed by atoms with Gasteiger partial charge in [0.1, 0.15) is 0 Å². The Balaban J connectivity index is 2.18. The van der Waals surface area contributed by atoms with Gasteiger partial charge in [0.25, 0.3) is 5.91 Å². The van der Waals surface area contributed by atoms with E-state index in [-0.39, 0.29) is 11.5 Å². The van der Waals surface area contributed by atoms with E-state index in [4.69, 9.17) is 0 Å². The standard InChI is InChI=1S/C11H10BrF2NO/c12-8-3-4-15(6-8)11(16)7-1-2-9(13)10(14)5-7/h1-2,5,8H,3-4,6H2. The Hall–Kier alpha value is -0.970. The normalized spacial score (nSPS) is 20.2. The maximum atomic E-state index is 12.9. The minimum absolute atomic E-state index is 0.195. The van der Waals surface area contributed by atoms with Crippen molar-refractivity contribution >= 4 is 21.8 Å². The zero-order valence-electron chi connectivity index (χ0n) is 8.42.